The van der Waals surface area contributed by atoms with Crippen molar-refractivity contribution < 1.29 is 5.11 Å². The van der Waals surface area contributed by atoms with Crippen LogP contribution in [-0.4, -0.2) is 23.8 Å². The van der Waals surface area contributed by atoms with Gasteiger partial charge in [0.05, 0.1) is 5.60 Å². The van der Waals surface area contributed by atoms with Crippen LogP contribution >= 0.6 is 0 Å². The second-order valence-electron chi connectivity index (χ2n) is 5.91. The Kier molecular flexibility index (Phi) is 2.81. The summed E-state index contributed by atoms with van der Waals surface area (Å²) in [6.07, 6.45) is 0.757. The Labute approximate surface area is 97.7 Å². The van der Waals surface area contributed by atoms with Gasteiger partial charge in [-0.2, -0.15) is 0 Å². The lowest BCUT2D eigenvalue weighted by Gasteiger charge is -2.39. The molecule has 88 valence electrons. The van der Waals surface area contributed by atoms with E-state index in [1.165, 1.54) is 11.1 Å². The number of nitrogens with one attached hydrogen (secondary N) is 1. The minimum atomic E-state index is -0.526. The zero-order chi connectivity index (χ0) is 11.8. The molecule has 0 spiro atoms. The normalized spacial score (nSPS) is 19.2. The predicted molar refractivity (Wildman–Crippen MR) is 66.7 cm³/mol. The smallest absolute Gasteiger partial charge is 0.0935 e. The zero-order valence-corrected chi connectivity index (χ0v) is 10.4. The molecule has 0 aliphatic carbocycles. The summed E-state index contributed by atoms with van der Waals surface area (Å²) in [5.41, 5.74) is 2.24. The molecule has 0 saturated carbocycles. The van der Waals surface area contributed by atoms with E-state index in [0.717, 1.165) is 6.42 Å². The Balaban J connectivity index is 2.26. The largest absolute Gasteiger partial charge is 0.387 e. The number of benzene rings is 1. The SMILES string of the molecule is CC(C)(C)c1ccccc1CC1(O)CNC1. The van der Waals surface area contributed by atoms with Gasteiger partial charge in [-0.3, -0.25) is 0 Å². The number of rotatable bonds is 2. The number of aliphatic hydroxyl groups is 1. The van der Waals surface area contributed by atoms with Gasteiger partial charge in [0.25, 0.3) is 0 Å². The van der Waals surface area contributed by atoms with Crippen molar-refractivity contribution in [2.75, 3.05) is 13.1 Å². The van der Waals surface area contributed by atoms with Crippen LogP contribution in [0.2, 0.25) is 0 Å². The van der Waals surface area contributed by atoms with Crippen LogP contribution in [-0.2, 0) is 11.8 Å². The van der Waals surface area contributed by atoms with Crippen LogP contribution in [0.15, 0.2) is 24.3 Å². The van der Waals surface area contributed by atoms with Crippen LogP contribution in [0.25, 0.3) is 0 Å². The maximum Gasteiger partial charge on any atom is 0.0935 e. The van der Waals surface area contributed by atoms with E-state index in [4.69, 9.17) is 0 Å². The highest BCUT2D eigenvalue weighted by Crippen LogP contribution is 2.29. The quantitative estimate of drug-likeness (QED) is 0.796. The number of hydrogen-bond acceptors (Lipinski definition) is 2. The lowest BCUT2D eigenvalue weighted by atomic mass is 9.79. The van der Waals surface area contributed by atoms with Crippen molar-refractivity contribution in [2.45, 2.75) is 38.2 Å². The molecule has 1 saturated heterocycles. The summed E-state index contributed by atoms with van der Waals surface area (Å²) in [5, 5.41) is 13.3. The molecule has 1 aromatic rings. The molecule has 1 aliphatic rings. The van der Waals surface area contributed by atoms with Crippen molar-refractivity contribution in [3.8, 4) is 0 Å². The van der Waals surface area contributed by atoms with Crippen molar-refractivity contribution >= 4 is 0 Å². The minimum Gasteiger partial charge on any atom is -0.387 e. The maximum absolute atomic E-state index is 10.2. The highest BCUT2D eigenvalue weighted by atomic mass is 16.3. The Morgan fingerprint density at radius 2 is 1.88 bits per heavy atom. The Morgan fingerprint density at radius 1 is 1.25 bits per heavy atom. The summed E-state index contributed by atoms with van der Waals surface area (Å²) in [5.74, 6) is 0. The molecule has 0 aromatic heterocycles. The van der Waals surface area contributed by atoms with Crippen molar-refractivity contribution in [3.05, 3.63) is 35.4 Å². The van der Waals surface area contributed by atoms with Gasteiger partial charge in [-0.25, -0.2) is 0 Å². The fourth-order valence-electron chi connectivity index (χ4n) is 2.30. The van der Waals surface area contributed by atoms with Crippen LogP contribution in [0.3, 0.4) is 0 Å². The standard InChI is InChI=1S/C14H21NO/c1-13(2,3)12-7-5-4-6-11(12)8-14(16)9-15-10-14/h4-7,15-16H,8-10H2,1-3H3. The van der Waals surface area contributed by atoms with Crippen molar-refractivity contribution in [3.63, 3.8) is 0 Å². The van der Waals surface area contributed by atoms with Gasteiger partial charge in [0.2, 0.25) is 0 Å². The third-order valence-corrected chi connectivity index (χ3v) is 3.25. The minimum absolute atomic E-state index is 0.143. The van der Waals surface area contributed by atoms with Gasteiger partial charge in [0.15, 0.2) is 0 Å². The first-order chi connectivity index (χ1) is 7.41. The van der Waals surface area contributed by atoms with Crippen LogP contribution in [0.5, 0.6) is 0 Å². The molecule has 0 amide bonds. The first-order valence-electron chi connectivity index (χ1n) is 5.92. The lowest BCUT2D eigenvalue weighted by molar-refractivity contribution is -0.00930. The summed E-state index contributed by atoms with van der Waals surface area (Å²) >= 11 is 0. The number of hydrogen-bond donors (Lipinski definition) is 2. The summed E-state index contributed by atoms with van der Waals surface area (Å²) in [4.78, 5) is 0. The van der Waals surface area contributed by atoms with Gasteiger partial charge in [0, 0.05) is 19.5 Å². The van der Waals surface area contributed by atoms with Crippen molar-refractivity contribution in [1.82, 2.24) is 5.32 Å². The van der Waals surface area contributed by atoms with Gasteiger partial charge in [-0.05, 0) is 16.5 Å². The lowest BCUT2D eigenvalue weighted by Crippen LogP contribution is -2.60. The molecule has 0 radical (unpaired) electrons. The van der Waals surface area contributed by atoms with Gasteiger partial charge in [-0.15, -0.1) is 0 Å². The average molecular weight is 219 g/mol. The first kappa shape index (κ1) is 11.6. The molecule has 1 heterocycles. The van der Waals surface area contributed by atoms with E-state index >= 15 is 0 Å². The highest BCUT2D eigenvalue weighted by Gasteiger charge is 2.35. The second-order valence-corrected chi connectivity index (χ2v) is 5.91. The molecule has 2 heteroatoms. The summed E-state index contributed by atoms with van der Waals surface area (Å²) < 4.78 is 0. The monoisotopic (exact) mass is 219 g/mol. The molecular weight excluding hydrogens is 198 g/mol. The first-order valence-corrected chi connectivity index (χ1v) is 5.92. The van der Waals surface area contributed by atoms with E-state index in [1.807, 2.05) is 0 Å². The van der Waals surface area contributed by atoms with Gasteiger partial charge >= 0.3 is 0 Å². The molecule has 2 nitrogen and oxygen atoms in total. The van der Waals surface area contributed by atoms with E-state index < -0.39 is 5.60 Å². The van der Waals surface area contributed by atoms with E-state index in [9.17, 15) is 5.11 Å². The zero-order valence-electron chi connectivity index (χ0n) is 10.4. The third-order valence-electron chi connectivity index (χ3n) is 3.25. The molecule has 1 aromatic carbocycles. The molecule has 1 aliphatic heterocycles. The Morgan fingerprint density at radius 3 is 2.38 bits per heavy atom. The van der Waals surface area contributed by atoms with E-state index in [2.05, 4.69) is 50.4 Å². The fourth-order valence-corrected chi connectivity index (χ4v) is 2.30. The highest BCUT2D eigenvalue weighted by molar-refractivity contribution is 5.34. The Bertz CT molecular complexity index is 375. The maximum atomic E-state index is 10.2. The molecule has 2 N–H and O–H groups in total. The number of β-amino-alcohol motifs (C(OH)–C–C–N with tert-alkyl or cyclic N) is 1. The van der Waals surface area contributed by atoms with E-state index in [-0.39, 0.29) is 5.41 Å². The molecule has 16 heavy (non-hydrogen) atoms. The van der Waals surface area contributed by atoms with Gasteiger partial charge in [0.1, 0.15) is 0 Å². The molecule has 1 fully saturated rings. The average Bonchev–Trinajstić information content (AvgIpc) is 2.14. The van der Waals surface area contributed by atoms with E-state index in [1.54, 1.807) is 0 Å². The van der Waals surface area contributed by atoms with Crippen LogP contribution < -0.4 is 5.32 Å². The summed E-state index contributed by atoms with van der Waals surface area (Å²) in [6, 6.07) is 8.44. The van der Waals surface area contributed by atoms with Gasteiger partial charge < -0.3 is 10.4 Å². The topological polar surface area (TPSA) is 32.3 Å². The van der Waals surface area contributed by atoms with Crippen LogP contribution in [0.1, 0.15) is 31.9 Å². The van der Waals surface area contributed by atoms with Crippen LogP contribution in [0.4, 0.5) is 0 Å². The molecule has 2 rings (SSSR count). The predicted octanol–water partition coefficient (Wildman–Crippen LogP) is 1.86. The van der Waals surface area contributed by atoms with Gasteiger partial charge in [-0.1, -0.05) is 45.0 Å². The Hall–Kier alpha value is -0.860. The van der Waals surface area contributed by atoms with E-state index in [0.29, 0.717) is 13.1 Å². The third kappa shape index (κ3) is 2.28. The van der Waals surface area contributed by atoms with Crippen LogP contribution in [0, 0.1) is 0 Å². The summed E-state index contributed by atoms with van der Waals surface area (Å²) in [6.45, 7) is 8.08. The molecule has 0 bridgehead atoms. The van der Waals surface area contributed by atoms with Crippen molar-refractivity contribution in [2.24, 2.45) is 0 Å². The second kappa shape index (κ2) is 3.86. The van der Waals surface area contributed by atoms with Crippen molar-refractivity contribution in [1.29, 1.82) is 0 Å². The fraction of sp³-hybridized carbons (Fsp3) is 0.571. The molecular formula is C14H21NO. The molecule has 0 atom stereocenters. The molecule has 0 unspecified atom stereocenters. The summed E-state index contributed by atoms with van der Waals surface area (Å²) in [7, 11) is 0.